The first-order chi connectivity index (χ1) is 18.5. The maximum atomic E-state index is 14.1. The molecule has 0 saturated heterocycles. The summed E-state index contributed by atoms with van der Waals surface area (Å²) >= 11 is 6.16. The predicted molar refractivity (Wildman–Crippen MR) is 144 cm³/mol. The second-order valence-electron chi connectivity index (χ2n) is 8.95. The fraction of sp³-hybridized carbons (Fsp3) is 0.357. The summed E-state index contributed by atoms with van der Waals surface area (Å²) in [5.41, 5.74) is 1.02. The zero-order chi connectivity index (χ0) is 27.1. The molecule has 1 N–H and O–H groups in total. The standard InChI is InChI=1S/C28H31ClN4O5/c1-36-23-15-18(16-24(37-2)26(23)38-3)25(27(34)32-20-7-5-4-6-8-20)33(21-11-9-19(29)10-12-21)28(35)22-17-30-13-14-31-22/h9-17,20,25H,4-8H2,1-3H3,(H,32,34)/t25-/m0/s1. The highest BCUT2D eigenvalue weighted by Gasteiger charge is 2.36. The van der Waals surface area contributed by atoms with Crippen molar-refractivity contribution in [3.8, 4) is 17.2 Å². The van der Waals surface area contributed by atoms with Gasteiger partial charge in [-0.25, -0.2) is 4.98 Å². The molecule has 3 aromatic rings. The van der Waals surface area contributed by atoms with E-state index in [2.05, 4.69) is 15.3 Å². The van der Waals surface area contributed by atoms with Crippen LogP contribution in [0.15, 0.2) is 55.0 Å². The lowest BCUT2D eigenvalue weighted by Crippen LogP contribution is -2.47. The fourth-order valence-corrected chi connectivity index (χ4v) is 4.85. The number of aromatic nitrogens is 2. The van der Waals surface area contributed by atoms with Crippen LogP contribution in [0.1, 0.15) is 54.2 Å². The third-order valence-corrected chi connectivity index (χ3v) is 6.82. The highest BCUT2D eigenvalue weighted by Crippen LogP contribution is 2.42. The normalized spacial score (nSPS) is 14.3. The Kier molecular flexibility index (Phi) is 9.02. The van der Waals surface area contributed by atoms with Crippen molar-refractivity contribution < 1.29 is 23.8 Å². The lowest BCUT2D eigenvalue weighted by Gasteiger charge is -2.33. The Morgan fingerprint density at radius 1 is 0.974 bits per heavy atom. The molecule has 4 rings (SSSR count). The number of anilines is 1. The summed E-state index contributed by atoms with van der Waals surface area (Å²) < 4.78 is 16.6. The number of amides is 2. The van der Waals surface area contributed by atoms with Crippen molar-refractivity contribution in [1.29, 1.82) is 0 Å². The Labute approximate surface area is 227 Å². The van der Waals surface area contributed by atoms with Gasteiger partial charge in [0.1, 0.15) is 11.7 Å². The van der Waals surface area contributed by atoms with E-state index in [-0.39, 0.29) is 17.6 Å². The smallest absolute Gasteiger partial charge is 0.279 e. The fourth-order valence-electron chi connectivity index (χ4n) is 4.72. The van der Waals surface area contributed by atoms with Crippen LogP contribution in [0.4, 0.5) is 5.69 Å². The van der Waals surface area contributed by atoms with E-state index in [0.29, 0.717) is 33.5 Å². The van der Waals surface area contributed by atoms with E-state index in [4.69, 9.17) is 25.8 Å². The monoisotopic (exact) mass is 538 g/mol. The van der Waals surface area contributed by atoms with Gasteiger partial charge in [0, 0.05) is 29.1 Å². The molecule has 0 unspecified atom stereocenters. The summed E-state index contributed by atoms with van der Waals surface area (Å²) in [6, 6.07) is 8.99. The van der Waals surface area contributed by atoms with Gasteiger partial charge in [-0.2, -0.15) is 0 Å². The molecule has 2 aromatic carbocycles. The number of ether oxygens (including phenoxy) is 3. The van der Waals surface area contributed by atoms with E-state index in [1.807, 2.05) is 0 Å². The van der Waals surface area contributed by atoms with Crippen LogP contribution in [0.3, 0.4) is 0 Å². The van der Waals surface area contributed by atoms with Crippen LogP contribution in [0.5, 0.6) is 17.2 Å². The second kappa shape index (κ2) is 12.6. The van der Waals surface area contributed by atoms with E-state index in [1.165, 1.54) is 44.8 Å². The summed E-state index contributed by atoms with van der Waals surface area (Å²) in [5, 5.41) is 3.68. The molecule has 38 heavy (non-hydrogen) atoms. The minimum absolute atomic E-state index is 0.0134. The van der Waals surface area contributed by atoms with E-state index in [1.54, 1.807) is 36.4 Å². The van der Waals surface area contributed by atoms with Gasteiger partial charge < -0.3 is 19.5 Å². The van der Waals surface area contributed by atoms with Crippen LogP contribution < -0.4 is 24.4 Å². The summed E-state index contributed by atoms with van der Waals surface area (Å²) in [7, 11) is 4.50. The van der Waals surface area contributed by atoms with Crippen LogP contribution in [-0.2, 0) is 4.79 Å². The van der Waals surface area contributed by atoms with Gasteiger partial charge in [-0.3, -0.25) is 19.5 Å². The average molecular weight is 539 g/mol. The van der Waals surface area contributed by atoms with Crippen molar-refractivity contribution in [3.63, 3.8) is 0 Å². The lowest BCUT2D eigenvalue weighted by molar-refractivity contribution is -0.123. The maximum absolute atomic E-state index is 14.1. The molecule has 2 amide bonds. The number of rotatable bonds is 9. The molecule has 0 aliphatic heterocycles. The molecule has 0 spiro atoms. The van der Waals surface area contributed by atoms with Gasteiger partial charge >= 0.3 is 0 Å². The third kappa shape index (κ3) is 5.99. The topological polar surface area (TPSA) is 103 Å². The Morgan fingerprint density at radius 2 is 1.63 bits per heavy atom. The molecule has 1 fully saturated rings. The minimum Gasteiger partial charge on any atom is -0.493 e. The van der Waals surface area contributed by atoms with Crippen LogP contribution >= 0.6 is 11.6 Å². The maximum Gasteiger partial charge on any atom is 0.279 e. The number of benzene rings is 2. The number of methoxy groups -OCH3 is 3. The second-order valence-corrected chi connectivity index (χ2v) is 9.38. The van der Waals surface area contributed by atoms with Gasteiger partial charge in [-0.05, 0) is 54.8 Å². The van der Waals surface area contributed by atoms with Gasteiger partial charge in [0.25, 0.3) is 5.91 Å². The largest absolute Gasteiger partial charge is 0.493 e. The summed E-state index contributed by atoms with van der Waals surface area (Å²) in [4.78, 5) is 37.8. The van der Waals surface area contributed by atoms with Crippen molar-refractivity contribution in [2.45, 2.75) is 44.2 Å². The molecular weight excluding hydrogens is 508 g/mol. The van der Waals surface area contributed by atoms with Gasteiger partial charge in [-0.15, -0.1) is 0 Å². The van der Waals surface area contributed by atoms with Crippen LogP contribution in [-0.4, -0.2) is 49.2 Å². The van der Waals surface area contributed by atoms with Gasteiger partial charge in [-0.1, -0.05) is 30.9 Å². The van der Waals surface area contributed by atoms with E-state index in [9.17, 15) is 9.59 Å². The summed E-state index contributed by atoms with van der Waals surface area (Å²) in [6.45, 7) is 0. The van der Waals surface area contributed by atoms with Crippen LogP contribution in [0, 0.1) is 0 Å². The third-order valence-electron chi connectivity index (χ3n) is 6.57. The number of carbonyl (C=O) groups excluding carboxylic acids is 2. The van der Waals surface area contributed by atoms with Gasteiger partial charge in [0.05, 0.1) is 27.5 Å². The zero-order valence-electron chi connectivity index (χ0n) is 21.6. The van der Waals surface area contributed by atoms with Gasteiger partial charge in [0.15, 0.2) is 11.5 Å². The molecule has 1 aliphatic rings. The first-order valence-corrected chi connectivity index (χ1v) is 12.8. The number of carbonyl (C=O) groups is 2. The first-order valence-electron chi connectivity index (χ1n) is 12.4. The lowest BCUT2D eigenvalue weighted by atomic mass is 9.94. The number of nitrogens with one attached hydrogen (secondary N) is 1. The zero-order valence-corrected chi connectivity index (χ0v) is 22.4. The summed E-state index contributed by atoms with van der Waals surface area (Å²) in [6.07, 6.45) is 9.28. The Balaban J connectivity index is 1.89. The summed E-state index contributed by atoms with van der Waals surface area (Å²) in [5.74, 6) is 0.264. The SMILES string of the molecule is COc1cc([C@@H](C(=O)NC2CCCCC2)N(C(=O)c2cnccn2)c2ccc(Cl)cc2)cc(OC)c1OC. The Morgan fingerprint density at radius 3 is 2.18 bits per heavy atom. The molecule has 1 aromatic heterocycles. The molecule has 10 heteroatoms. The molecule has 200 valence electrons. The number of nitrogens with zero attached hydrogens (tertiary/aromatic N) is 3. The number of halogens is 1. The minimum atomic E-state index is -1.10. The number of hydrogen-bond donors (Lipinski definition) is 1. The van der Waals surface area contributed by atoms with E-state index < -0.39 is 11.9 Å². The average Bonchev–Trinajstić information content (AvgIpc) is 2.96. The number of hydrogen-bond acceptors (Lipinski definition) is 7. The molecule has 0 radical (unpaired) electrons. The molecule has 1 aliphatic carbocycles. The van der Waals surface area contributed by atoms with Crippen LogP contribution in [0.2, 0.25) is 5.02 Å². The predicted octanol–water partition coefficient (Wildman–Crippen LogP) is 4.99. The van der Waals surface area contributed by atoms with Gasteiger partial charge in [0.2, 0.25) is 11.7 Å². The van der Waals surface area contributed by atoms with Crippen molar-refractivity contribution in [2.75, 3.05) is 26.2 Å². The Bertz CT molecular complexity index is 1220. The molecule has 1 saturated carbocycles. The van der Waals surface area contributed by atoms with Crippen LogP contribution in [0.25, 0.3) is 0 Å². The molecule has 0 bridgehead atoms. The van der Waals surface area contributed by atoms with Crippen molar-refractivity contribution in [2.24, 2.45) is 0 Å². The van der Waals surface area contributed by atoms with E-state index in [0.717, 1.165) is 32.1 Å². The Hall–Kier alpha value is -3.85. The first kappa shape index (κ1) is 27.2. The highest BCUT2D eigenvalue weighted by molar-refractivity contribution is 6.30. The molecule has 9 nitrogen and oxygen atoms in total. The van der Waals surface area contributed by atoms with Crippen molar-refractivity contribution >= 4 is 29.1 Å². The van der Waals surface area contributed by atoms with Crippen molar-refractivity contribution in [3.05, 3.63) is 71.3 Å². The highest BCUT2D eigenvalue weighted by atomic mass is 35.5. The van der Waals surface area contributed by atoms with Crippen molar-refractivity contribution in [1.82, 2.24) is 15.3 Å². The molecule has 1 heterocycles. The molecule has 1 atom stereocenters. The van der Waals surface area contributed by atoms with E-state index >= 15 is 0 Å². The quantitative estimate of drug-likeness (QED) is 0.409. The molecular formula is C28H31ClN4O5.